The summed E-state index contributed by atoms with van der Waals surface area (Å²) in [5.74, 6) is 0. The first-order valence-electron chi connectivity index (χ1n) is 1.40. The molecule has 0 saturated heterocycles. The molecule has 6 heavy (non-hydrogen) atoms. The molecule has 0 aliphatic heterocycles. The van der Waals surface area contributed by atoms with Gasteiger partial charge in [-0.05, 0) is 0 Å². The fourth-order valence-electron chi connectivity index (χ4n) is 0.196. The maximum absolute atomic E-state index is 3.12. The Morgan fingerprint density at radius 3 is 2.50 bits per heavy atom. The Balaban J connectivity index is 0.000000250. The topological polar surface area (TPSA) is 0 Å². The van der Waals surface area contributed by atoms with E-state index in [1.807, 2.05) is 6.07 Å². The van der Waals surface area contributed by atoms with Crippen LogP contribution in [0.1, 0.15) is 0 Å². The van der Waals surface area contributed by atoms with Crippen LogP contribution in [0.5, 0.6) is 0 Å². The average molecular weight is 186 g/mol. The van der Waals surface area contributed by atoms with Gasteiger partial charge in [-0.25, -0.2) is 0 Å². The normalized spacial score (nSPS) is 6.67. The standard InChI is InChI=1S/C4H3Te.Li/c1-2-4-5-3-1;/h1-3H;/q-1;+1. The van der Waals surface area contributed by atoms with Crippen molar-refractivity contribution in [1.29, 1.82) is 0 Å². The molecule has 1 heterocycles. The van der Waals surface area contributed by atoms with E-state index in [1.54, 1.807) is 0 Å². The second-order valence-electron chi connectivity index (χ2n) is 0.731. The van der Waals surface area contributed by atoms with Crippen molar-refractivity contribution in [2.45, 2.75) is 0 Å². The predicted octanol–water partition coefficient (Wildman–Crippen LogP) is -2.45. The number of hydrogen-bond acceptors (Lipinski definition) is 0. The van der Waals surface area contributed by atoms with Crippen molar-refractivity contribution in [1.82, 2.24) is 0 Å². The summed E-state index contributed by atoms with van der Waals surface area (Å²) in [5.41, 5.74) is 0. The van der Waals surface area contributed by atoms with Crippen LogP contribution < -0.4 is 18.9 Å². The van der Waals surface area contributed by atoms with Crippen molar-refractivity contribution in [2.24, 2.45) is 0 Å². The minimum absolute atomic E-state index is 0. The van der Waals surface area contributed by atoms with Gasteiger partial charge < -0.3 is 0 Å². The Hall–Kier alpha value is 0.867. The van der Waals surface area contributed by atoms with Crippen molar-refractivity contribution in [3.05, 3.63) is 20.3 Å². The Morgan fingerprint density at radius 1 is 1.50 bits per heavy atom. The van der Waals surface area contributed by atoms with Crippen LogP contribution in [0.2, 0.25) is 0 Å². The first-order chi connectivity index (χ1) is 2.50. The van der Waals surface area contributed by atoms with Crippen molar-refractivity contribution >= 4 is 20.4 Å². The zero-order chi connectivity index (χ0) is 3.54. The minimum atomic E-state index is 0. The molecule has 0 aromatic carbocycles. The Kier molecular flexibility index (Phi) is 4.62. The molecule has 2 heteroatoms. The summed E-state index contributed by atoms with van der Waals surface area (Å²) in [6.45, 7) is 0. The summed E-state index contributed by atoms with van der Waals surface area (Å²) >= 11 is 0.118. The van der Waals surface area contributed by atoms with Gasteiger partial charge in [-0.3, -0.25) is 0 Å². The molecule has 0 fully saturated rings. The molecular weight excluding hydrogens is 183 g/mol. The molecule has 26 valence electrons. The van der Waals surface area contributed by atoms with Crippen molar-refractivity contribution in [3.63, 3.8) is 0 Å². The van der Waals surface area contributed by atoms with E-state index in [4.69, 9.17) is 0 Å². The van der Waals surface area contributed by atoms with Crippen LogP contribution in [-0.4, -0.2) is 20.4 Å². The average Bonchev–Trinajstić information content (AvgIpc) is 1.76. The molecule has 1 aromatic heterocycles. The molecule has 1 rings (SSSR count). The third-order valence-corrected chi connectivity index (χ3v) is 1.99. The zero-order valence-electron chi connectivity index (χ0n) is 3.64. The molecule has 1 aromatic rings. The maximum atomic E-state index is 3.12. The molecule has 0 atom stereocenters. The first-order valence-corrected chi connectivity index (χ1v) is 3.91. The van der Waals surface area contributed by atoms with Crippen LogP contribution in [0.15, 0.2) is 16.2 Å². The fraction of sp³-hybridized carbons (Fsp3) is 0. The molecule has 0 amide bonds. The molecule has 0 aliphatic rings. The Labute approximate surface area is 59.4 Å². The van der Waals surface area contributed by atoms with Gasteiger partial charge in [0, 0.05) is 0 Å². The van der Waals surface area contributed by atoms with Crippen LogP contribution in [0, 0.1) is 4.08 Å². The van der Waals surface area contributed by atoms with Crippen LogP contribution in [0.25, 0.3) is 0 Å². The van der Waals surface area contributed by atoms with Gasteiger partial charge in [-0.1, -0.05) is 0 Å². The molecule has 0 radical (unpaired) electrons. The van der Waals surface area contributed by atoms with Crippen molar-refractivity contribution < 1.29 is 18.9 Å². The van der Waals surface area contributed by atoms with Gasteiger partial charge in [0.25, 0.3) is 0 Å². The molecule has 0 N–H and O–H groups in total. The Morgan fingerprint density at radius 2 is 2.33 bits per heavy atom. The number of hydrogen-bond donors (Lipinski definition) is 0. The summed E-state index contributed by atoms with van der Waals surface area (Å²) in [4.78, 5) is 0. The van der Waals surface area contributed by atoms with E-state index in [2.05, 4.69) is 14.2 Å². The van der Waals surface area contributed by atoms with E-state index in [0.29, 0.717) is 0 Å². The second-order valence-corrected chi connectivity index (χ2v) is 2.85. The fourth-order valence-corrected chi connectivity index (χ4v) is 1.32. The Bertz CT molecular complexity index is 64.0. The third-order valence-electron chi connectivity index (χ3n) is 0.379. The molecule has 0 aliphatic carbocycles. The van der Waals surface area contributed by atoms with E-state index in [1.165, 1.54) is 0 Å². The van der Waals surface area contributed by atoms with Gasteiger partial charge in [-0.2, -0.15) is 0 Å². The first kappa shape index (κ1) is 6.87. The van der Waals surface area contributed by atoms with E-state index in [0.717, 1.165) is 0 Å². The van der Waals surface area contributed by atoms with E-state index in [9.17, 15) is 0 Å². The van der Waals surface area contributed by atoms with Gasteiger partial charge in [0.05, 0.1) is 0 Å². The van der Waals surface area contributed by atoms with Crippen LogP contribution in [-0.2, 0) is 0 Å². The predicted molar refractivity (Wildman–Crippen MR) is 22.2 cm³/mol. The van der Waals surface area contributed by atoms with E-state index in [-0.39, 0.29) is 39.3 Å². The number of rotatable bonds is 0. The molecule has 0 nitrogen and oxygen atoms in total. The van der Waals surface area contributed by atoms with Crippen molar-refractivity contribution in [2.75, 3.05) is 0 Å². The summed E-state index contributed by atoms with van der Waals surface area (Å²) in [7, 11) is 0. The van der Waals surface area contributed by atoms with Crippen LogP contribution in [0.3, 0.4) is 0 Å². The van der Waals surface area contributed by atoms with Gasteiger partial charge >= 0.3 is 59.6 Å². The zero-order valence-corrected chi connectivity index (χ0v) is 5.97. The van der Waals surface area contributed by atoms with Gasteiger partial charge in [0.1, 0.15) is 0 Å². The molecule has 0 unspecified atom stereocenters. The summed E-state index contributed by atoms with van der Waals surface area (Å²) < 4.78 is 5.32. The molecule has 0 bridgehead atoms. The molecular formula is C4H3LiTe. The van der Waals surface area contributed by atoms with Gasteiger partial charge in [0.2, 0.25) is 0 Å². The SMILES string of the molecule is [Li+].[c-]1ccc[te]1. The monoisotopic (exact) mass is 188 g/mol. The summed E-state index contributed by atoms with van der Waals surface area (Å²) in [6.07, 6.45) is 0. The molecule has 0 spiro atoms. The van der Waals surface area contributed by atoms with Gasteiger partial charge in [-0.15, -0.1) is 0 Å². The quantitative estimate of drug-likeness (QED) is 0.311. The second kappa shape index (κ2) is 4.04. The summed E-state index contributed by atoms with van der Waals surface area (Å²) in [6, 6.07) is 4.05. The third kappa shape index (κ3) is 2.11. The molecule has 0 saturated carbocycles. The van der Waals surface area contributed by atoms with Crippen LogP contribution in [0.4, 0.5) is 0 Å². The summed E-state index contributed by atoms with van der Waals surface area (Å²) in [5, 5.41) is 0. The van der Waals surface area contributed by atoms with Gasteiger partial charge in [0.15, 0.2) is 0 Å². The van der Waals surface area contributed by atoms with E-state index < -0.39 is 0 Å². The van der Waals surface area contributed by atoms with Crippen molar-refractivity contribution in [3.8, 4) is 0 Å². The van der Waals surface area contributed by atoms with E-state index >= 15 is 0 Å². The van der Waals surface area contributed by atoms with Crippen LogP contribution >= 0.6 is 0 Å².